The van der Waals surface area contributed by atoms with E-state index in [0.29, 0.717) is 84.9 Å². The number of ether oxygens (including phenoxy) is 8. The van der Waals surface area contributed by atoms with E-state index in [2.05, 4.69) is 15.0 Å². The first-order valence-electron chi connectivity index (χ1n) is 30.0. The predicted molar refractivity (Wildman–Crippen MR) is 339 cm³/mol. The number of nitrogens with one attached hydrogen (secondary N) is 3. The Morgan fingerprint density at radius 3 is 1.23 bits per heavy atom. The highest BCUT2D eigenvalue weighted by Gasteiger charge is 2.35. The first-order chi connectivity index (χ1) is 43.8. The topological polar surface area (TPSA) is 288 Å². The quantitative estimate of drug-likeness (QED) is 0.0307. The summed E-state index contributed by atoms with van der Waals surface area (Å²) in [4.78, 5) is 85.8. The van der Waals surface area contributed by atoms with Gasteiger partial charge in [-0.15, -0.1) is 0 Å². The van der Waals surface area contributed by atoms with E-state index >= 15 is 0 Å². The SMILES string of the molecule is CCCCc1[nH]c(=O)c(C(=O)N2CC[C@H](c3ccccc3)C2)c(O)c1-c1c(OC)ccc(F)c1OC.CCCCc1[nH]c(=O)c(C(=O)OCC)c(O)c1-c1c(OC)ccc(F)c1OC.CCCCc1[nH]c(=O)c(C(=O)OCC)c(O)c1-c1c(OC)cccc1OC. The lowest BCUT2D eigenvalue weighted by atomic mass is 9.95. The molecule has 0 saturated carbocycles. The van der Waals surface area contributed by atoms with Gasteiger partial charge in [0.25, 0.3) is 22.6 Å². The van der Waals surface area contributed by atoms with Gasteiger partial charge >= 0.3 is 11.9 Å². The molecule has 21 nitrogen and oxygen atoms in total. The van der Waals surface area contributed by atoms with Gasteiger partial charge in [0.1, 0.15) is 45.8 Å². The zero-order valence-electron chi connectivity index (χ0n) is 53.2. The number of aryl methyl sites for hydroxylation is 3. The van der Waals surface area contributed by atoms with Crippen molar-refractivity contribution in [2.45, 2.75) is 105 Å². The lowest BCUT2D eigenvalue weighted by Gasteiger charge is -2.21. The fraction of sp³-hybridized carbons (Fsp3) is 0.382. The summed E-state index contributed by atoms with van der Waals surface area (Å²) in [6.07, 6.45) is 6.80. The normalized spacial score (nSPS) is 12.4. The Kier molecular flexibility index (Phi) is 25.6. The number of amides is 1. The van der Waals surface area contributed by atoms with Gasteiger partial charge < -0.3 is 73.1 Å². The maximum atomic E-state index is 14.7. The van der Waals surface area contributed by atoms with Crippen LogP contribution in [0.3, 0.4) is 0 Å². The number of pyridine rings is 3. The molecule has 1 amide bonds. The highest BCUT2D eigenvalue weighted by atomic mass is 19.1. The van der Waals surface area contributed by atoms with Gasteiger partial charge in [-0.3, -0.25) is 19.2 Å². The minimum Gasteiger partial charge on any atom is -0.506 e. The Labute approximate surface area is 525 Å². The van der Waals surface area contributed by atoms with Crippen molar-refractivity contribution in [2.24, 2.45) is 0 Å². The summed E-state index contributed by atoms with van der Waals surface area (Å²) in [5.41, 5.74) is 0.119. The number of likely N-dealkylation sites (tertiary alicyclic amines) is 1. The second-order valence-electron chi connectivity index (χ2n) is 20.8. The van der Waals surface area contributed by atoms with Crippen LogP contribution in [0.1, 0.15) is 139 Å². The van der Waals surface area contributed by atoms with Crippen molar-refractivity contribution in [3.05, 3.63) is 155 Å². The van der Waals surface area contributed by atoms with E-state index in [1.165, 1.54) is 66.9 Å². The first-order valence-corrected chi connectivity index (χ1v) is 30.0. The van der Waals surface area contributed by atoms with Gasteiger partial charge in [-0.1, -0.05) is 76.4 Å². The number of carbonyl (C=O) groups excluding carboxylic acids is 3. The van der Waals surface area contributed by atoms with E-state index in [1.807, 2.05) is 51.1 Å². The minimum absolute atomic E-state index is 0.0250. The maximum Gasteiger partial charge on any atom is 0.347 e. The standard InChI is InChI=1S/C28H31FN2O5.C20H24FNO6.C20H25NO6/c1-4-5-11-20-22(23-21(35-2)13-12-19(29)26(23)36-3)25(32)24(27(33)30-20)28(34)31-15-14-18(16-31)17-9-7-6-8-10-17;1-5-7-8-12-14(15-13(26-3)10-9-11(21)18(15)27-4)17(23)16(19(24)22-12)20(25)28-6-2;1-5-7-9-12-15(16-13(25-3)10-8-11-14(16)26-4)18(22)17(19(23)21-12)20(24)27-6-2/h6-10,12-13,18H,4-5,11,14-16H2,1-3H3,(H2,30,32,33);9-10H,5-8H2,1-4H3,(H2,22,23,24);8,10-11H,5-7,9H2,1-4H3,(H2,21,22,23)/t18-;;/m0../s1. The number of hydrogen-bond acceptors (Lipinski definition) is 17. The van der Waals surface area contributed by atoms with Gasteiger partial charge in [-0.2, -0.15) is 0 Å². The molecule has 4 aromatic carbocycles. The smallest absolute Gasteiger partial charge is 0.347 e. The van der Waals surface area contributed by atoms with E-state index in [1.54, 1.807) is 36.9 Å². The van der Waals surface area contributed by atoms with Crippen LogP contribution in [0, 0.1) is 11.6 Å². The van der Waals surface area contributed by atoms with E-state index in [-0.39, 0.29) is 69.9 Å². The van der Waals surface area contributed by atoms with Crippen LogP contribution in [-0.4, -0.2) is 122 Å². The number of esters is 2. The van der Waals surface area contributed by atoms with Crippen LogP contribution in [0.25, 0.3) is 33.4 Å². The lowest BCUT2D eigenvalue weighted by molar-refractivity contribution is 0.0510. The van der Waals surface area contributed by atoms with E-state index in [0.717, 1.165) is 37.7 Å². The predicted octanol–water partition coefficient (Wildman–Crippen LogP) is 11.6. The highest BCUT2D eigenvalue weighted by molar-refractivity contribution is 6.01. The molecule has 23 heteroatoms. The molecule has 0 radical (unpaired) electrons. The summed E-state index contributed by atoms with van der Waals surface area (Å²) in [5, 5.41) is 33.2. The van der Waals surface area contributed by atoms with Crippen LogP contribution in [-0.2, 0) is 28.7 Å². The summed E-state index contributed by atoms with van der Waals surface area (Å²) >= 11 is 0. The van der Waals surface area contributed by atoms with Crippen molar-refractivity contribution in [3.63, 3.8) is 0 Å². The van der Waals surface area contributed by atoms with E-state index in [9.17, 15) is 52.9 Å². The van der Waals surface area contributed by atoms with Gasteiger partial charge in [-0.05, 0) is 101 Å². The van der Waals surface area contributed by atoms with Gasteiger partial charge in [-0.25, -0.2) is 18.4 Å². The monoisotopic (exact) mass is 1260 g/mol. The van der Waals surface area contributed by atoms with E-state index < -0.39 is 74.5 Å². The molecular weight excluding hydrogens is 1180 g/mol. The number of hydrogen-bond donors (Lipinski definition) is 6. The number of halogens is 2. The summed E-state index contributed by atoms with van der Waals surface area (Å²) in [7, 11) is 8.40. The highest BCUT2D eigenvalue weighted by Crippen LogP contribution is 2.49. The van der Waals surface area contributed by atoms with Crippen molar-refractivity contribution in [3.8, 4) is 85.1 Å². The molecule has 7 aromatic rings. The molecule has 8 rings (SSSR count). The number of aromatic nitrogens is 3. The molecule has 1 fully saturated rings. The zero-order valence-corrected chi connectivity index (χ0v) is 53.2. The third kappa shape index (κ3) is 15.6. The summed E-state index contributed by atoms with van der Waals surface area (Å²) < 4.78 is 71.1. The second kappa shape index (κ2) is 33.1. The number of carbonyl (C=O) groups is 3. The second-order valence-corrected chi connectivity index (χ2v) is 20.8. The van der Waals surface area contributed by atoms with Crippen LogP contribution in [0.5, 0.6) is 51.7 Å². The Bertz CT molecular complexity index is 3860. The van der Waals surface area contributed by atoms with Gasteiger partial charge in [0, 0.05) is 36.1 Å². The molecule has 0 aliphatic carbocycles. The van der Waals surface area contributed by atoms with Gasteiger partial charge in [0.2, 0.25) is 0 Å². The molecule has 0 bridgehead atoms. The number of H-pyrrole nitrogens is 3. The fourth-order valence-corrected chi connectivity index (χ4v) is 10.8. The Balaban J connectivity index is 0.000000220. The summed E-state index contributed by atoms with van der Waals surface area (Å²) in [6.45, 7) is 10.2. The average molecular weight is 1260 g/mol. The van der Waals surface area contributed by atoms with Crippen molar-refractivity contribution in [1.29, 1.82) is 0 Å². The molecule has 6 N–H and O–H groups in total. The molecule has 91 heavy (non-hydrogen) atoms. The van der Waals surface area contributed by atoms with Gasteiger partial charge in [0.05, 0.1) is 89.3 Å². The number of aromatic amines is 3. The number of rotatable bonds is 24. The van der Waals surface area contributed by atoms with Crippen molar-refractivity contribution in [1.82, 2.24) is 19.9 Å². The molecule has 1 atom stereocenters. The van der Waals surface area contributed by atoms with Crippen LogP contribution in [0.15, 0.2) is 87.2 Å². The number of aromatic hydroxyl groups is 3. The van der Waals surface area contributed by atoms with Crippen LogP contribution in [0.4, 0.5) is 8.78 Å². The molecule has 0 spiro atoms. The third-order valence-electron chi connectivity index (χ3n) is 15.2. The Morgan fingerprint density at radius 1 is 0.484 bits per heavy atom. The third-order valence-corrected chi connectivity index (χ3v) is 15.2. The molecule has 1 aliphatic heterocycles. The molecule has 1 saturated heterocycles. The average Bonchev–Trinajstić information content (AvgIpc) is 1.55. The van der Waals surface area contributed by atoms with Crippen molar-refractivity contribution < 1.29 is 76.4 Å². The fourth-order valence-electron chi connectivity index (χ4n) is 10.8. The molecular formula is C68H80F2N4O17. The number of nitrogens with zero attached hydrogens (tertiary/aromatic N) is 1. The lowest BCUT2D eigenvalue weighted by Crippen LogP contribution is -2.33. The molecule has 4 heterocycles. The van der Waals surface area contributed by atoms with Crippen molar-refractivity contribution in [2.75, 3.05) is 69.0 Å². The molecule has 488 valence electrons. The molecule has 1 aliphatic rings. The van der Waals surface area contributed by atoms with Crippen molar-refractivity contribution >= 4 is 17.8 Å². The largest absolute Gasteiger partial charge is 0.506 e. The Hall–Kier alpha value is -9.80. The molecule has 3 aromatic heterocycles. The number of unbranched alkanes of at least 4 members (excludes halogenated alkanes) is 3. The van der Waals surface area contributed by atoms with Crippen LogP contribution in [0.2, 0.25) is 0 Å². The number of methoxy groups -OCH3 is 6. The number of benzene rings is 4. The Morgan fingerprint density at radius 2 is 0.857 bits per heavy atom. The first kappa shape index (κ1) is 70.3. The van der Waals surface area contributed by atoms with Crippen LogP contribution >= 0.6 is 0 Å². The van der Waals surface area contributed by atoms with Gasteiger partial charge in [0.15, 0.2) is 34.3 Å². The minimum atomic E-state index is -0.973. The zero-order chi connectivity index (χ0) is 66.6. The maximum absolute atomic E-state index is 14.7. The summed E-state index contributed by atoms with van der Waals surface area (Å²) in [6, 6.07) is 20.3. The summed E-state index contributed by atoms with van der Waals surface area (Å²) in [5.74, 6) is -4.10. The molecule has 0 unspecified atom stereocenters. The van der Waals surface area contributed by atoms with Crippen LogP contribution < -0.4 is 45.1 Å². The van der Waals surface area contributed by atoms with E-state index in [4.69, 9.17) is 37.9 Å².